The van der Waals surface area contributed by atoms with Crippen LogP contribution in [0.25, 0.3) is 0 Å². The molecule has 0 fully saturated rings. The summed E-state index contributed by atoms with van der Waals surface area (Å²) in [6.07, 6.45) is -4.41. The summed E-state index contributed by atoms with van der Waals surface area (Å²) in [4.78, 5) is 0. The summed E-state index contributed by atoms with van der Waals surface area (Å²) in [7, 11) is 0. The summed E-state index contributed by atoms with van der Waals surface area (Å²) in [6, 6.07) is 0. The Hall–Kier alpha value is -0.290. The molecule has 0 radical (unpaired) electrons. The minimum atomic E-state index is -4.13. The molecule has 0 saturated carbocycles. The normalized spacial score (nSPS) is 16.8. The van der Waals surface area contributed by atoms with Crippen molar-refractivity contribution in [2.45, 2.75) is 45.4 Å². The van der Waals surface area contributed by atoms with Gasteiger partial charge in [-0.2, -0.15) is 13.2 Å². The Bertz CT molecular complexity index is 178. The Kier molecular flexibility index (Phi) is 5.59. The lowest BCUT2D eigenvalue weighted by Crippen LogP contribution is -2.40. The van der Waals surface area contributed by atoms with E-state index in [-0.39, 0.29) is 13.1 Å². The lowest BCUT2D eigenvalue weighted by atomic mass is 9.94. The molecule has 0 rings (SSSR count). The maximum Gasteiger partial charge on any atom is 0.390 e. The molecule has 2 N–H and O–H groups in total. The topological polar surface area (TPSA) is 32.3 Å². The van der Waals surface area contributed by atoms with Gasteiger partial charge >= 0.3 is 6.18 Å². The van der Waals surface area contributed by atoms with E-state index >= 15 is 0 Å². The Morgan fingerprint density at radius 1 is 1.27 bits per heavy atom. The Labute approximate surface area is 88.9 Å². The van der Waals surface area contributed by atoms with Crippen LogP contribution in [0.3, 0.4) is 0 Å². The van der Waals surface area contributed by atoms with Crippen molar-refractivity contribution < 1.29 is 18.3 Å². The van der Waals surface area contributed by atoms with Gasteiger partial charge in [-0.25, -0.2) is 0 Å². The number of alkyl halides is 3. The van der Waals surface area contributed by atoms with Crippen molar-refractivity contribution in [3.63, 3.8) is 0 Å². The fourth-order valence-corrected chi connectivity index (χ4v) is 1.54. The van der Waals surface area contributed by atoms with Crippen LogP contribution < -0.4 is 5.32 Å². The quantitative estimate of drug-likeness (QED) is 0.682. The van der Waals surface area contributed by atoms with E-state index in [1.807, 2.05) is 13.8 Å². The second kappa shape index (κ2) is 5.70. The molecule has 0 aromatic carbocycles. The van der Waals surface area contributed by atoms with E-state index in [4.69, 9.17) is 0 Å². The van der Waals surface area contributed by atoms with E-state index in [1.54, 1.807) is 6.92 Å². The number of aliphatic hydroxyl groups is 1. The predicted octanol–water partition coefficient (Wildman–Crippen LogP) is 2.33. The maximum absolute atomic E-state index is 11.8. The molecule has 5 heteroatoms. The monoisotopic (exact) mass is 227 g/mol. The van der Waals surface area contributed by atoms with Gasteiger partial charge in [0, 0.05) is 13.1 Å². The van der Waals surface area contributed by atoms with Gasteiger partial charge in [0.05, 0.1) is 12.0 Å². The molecular formula is C10H20F3NO. The van der Waals surface area contributed by atoms with Crippen molar-refractivity contribution in [3.8, 4) is 0 Å². The van der Waals surface area contributed by atoms with Gasteiger partial charge in [-0.05, 0) is 19.3 Å². The van der Waals surface area contributed by atoms with E-state index in [2.05, 4.69) is 5.32 Å². The predicted molar refractivity (Wildman–Crippen MR) is 53.6 cm³/mol. The third-order valence-electron chi connectivity index (χ3n) is 1.94. The number of hydrogen-bond donors (Lipinski definition) is 2. The molecule has 0 aromatic rings. The van der Waals surface area contributed by atoms with Crippen LogP contribution in [0.4, 0.5) is 13.2 Å². The summed E-state index contributed by atoms with van der Waals surface area (Å²) < 4.78 is 35.3. The molecule has 15 heavy (non-hydrogen) atoms. The molecule has 0 amide bonds. The van der Waals surface area contributed by atoms with Crippen molar-refractivity contribution in [2.75, 3.05) is 13.1 Å². The zero-order valence-electron chi connectivity index (χ0n) is 9.49. The maximum atomic E-state index is 11.8. The molecule has 0 aliphatic rings. The summed E-state index contributed by atoms with van der Waals surface area (Å²) >= 11 is 0. The average Bonchev–Trinajstić information content (AvgIpc) is 1.93. The highest BCUT2D eigenvalue weighted by Gasteiger charge is 2.27. The Balaban J connectivity index is 3.66. The summed E-state index contributed by atoms with van der Waals surface area (Å²) in [5, 5.41) is 12.4. The first-order valence-electron chi connectivity index (χ1n) is 5.12. The van der Waals surface area contributed by atoms with E-state index in [9.17, 15) is 18.3 Å². The van der Waals surface area contributed by atoms with Gasteiger partial charge < -0.3 is 10.4 Å². The van der Waals surface area contributed by atoms with Gasteiger partial charge in [0.25, 0.3) is 0 Å². The molecule has 0 aliphatic carbocycles. The van der Waals surface area contributed by atoms with Crippen molar-refractivity contribution >= 4 is 0 Å². The molecule has 0 heterocycles. The Morgan fingerprint density at radius 2 is 1.80 bits per heavy atom. The van der Waals surface area contributed by atoms with Crippen molar-refractivity contribution in [1.82, 2.24) is 5.32 Å². The number of hydrogen-bond acceptors (Lipinski definition) is 2. The molecule has 1 unspecified atom stereocenters. The lowest BCUT2D eigenvalue weighted by Gasteiger charge is -2.25. The number of rotatable bonds is 6. The van der Waals surface area contributed by atoms with Crippen molar-refractivity contribution in [1.29, 1.82) is 0 Å². The van der Waals surface area contributed by atoms with Crippen LogP contribution in [0.2, 0.25) is 0 Å². The standard InChI is InChI=1S/C10H20F3NO/c1-8(2)6-9(3,15)7-14-5-4-10(11,12)13/h8,14-15H,4-7H2,1-3H3. The molecule has 0 bridgehead atoms. The van der Waals surface area contributed by atoms with Gasteiger partial charge in [-0.15, -0.1) is 0 Å². The highest BCUT2D eigenvalue weighted by molar-refractivity contribution is 4.76. The molecule has 0 spiro atoms. The van der Waals surface area contributed by atoms with Gasteiger partial charge in [0.1, 0.15) is 0 Å². The van der Waals surface area contributed by atoms with Crippen LogP contribution in [-0.4, -0.2) is 30.0 Å². The first-order chi connectivity index (χ1) is 6.62. The minimum Gasteiger partial charge on any atom is -0.389 e. The number of nitrogens with one attached hydrogen (secondary N) is 1. The SMILES string of the molecule is CC(C)CC(C)(O)CNCCC(F)(F)F. The summed E-state index contributed by atoms with van der Waals surface area (Å²) in [5.74, 6) is 0.324. The molecular weight excluding hydrogens is 207 g/mol. The first kappa shape index (κ1) is 14.7. The van der Waals surface area contributed by atoms with E-state index < -0.39 is 18.2 Å². The molecule has 1 atom stereocenters. The lowest BCUT2D eigenvalue weighted by molar-refractivity contribution is -0.133. The second-order valence-corrected chi connectivity index (χ2v) is 4.64. The smallest absolute Gasteiger partial charge is 0.389 e. The molecule has 0 saturated heterocycles. The highest BCUT2D eigenvalue weighted by Crippen LogP contribution is 2.19. The fraction of sp³-hybridized carbons (Fsp3) is 1.00. The van der Waals surface area contributed by atoms with Crippen molar-refractivity contribution in [3.05, 3.63) is 0 Å². The van der Waals surface area contributed by atoms with E-state index in [1.165, 1.54) is 0 Å². The second-order valence-electron chi connectivity index (χ2n) is 4.64. The molecule has 0 aromatic heterocycles. The molecule has 0 aliphatic heterocycles. The largest absolute Gasteiger partial charge is 0.390 e. The van der Waals surface area contributed by atoms with Crippen LogP contribution in [0.5, 0.6) is 0 Å². The van der Waals surface area contributed by atoms with Crippen LogP contribution in [0.15, 0.2) is 0 Å². The third-order valence-corrected chi connectivity index (χ3v) is 1.94. The van der Waals surface area contributed by atoms with Gasteiger partial charge in [0.15, 0.2) is 0 Å². The zero-order valence-corrected chi connectivity index (χ0v) is 9.49. The van der Waals surface area contributed by atoms with E-state index in [0.29, 0.717) is 12.3 Å². The van der Waals surface area contributed by atoms with Crippen LogP contribution in [0.1, 0.15) is 33.6 Å². The Morgan fingerprint density at radius 3 is 2.20 bits per heavy atom. The van der Waals surface area contributed by atoms with Crippen LogP contribution in [-0.2, 0) is 0 Å². The highest BCUT2D eigenvalue weighted by atomic mass is 19.4. The number of halogens is 3. The fourth-order valence-electron chi connectivity index (χ4n) is 1.54. The van der Waals surface area contributed by atoms with Crippen LogP contribution >= 0.6 is 0 Å². The minimum absolute atomic E-state index is 0.141. The zero-order chi connectivity index (χ0) is 12.1. The van der Waals surface area contributed by atoms with Gasteiger partial charge in [0.2, 0.25) is 0 Å². The molecule has 2 nitrogen and oxygen atoms in total. The summed E-state index contributed by atoms with van der Waals surface area (Å²) in [5.41, 5.74) is -0.931. The average molecular weight is 227 g/mol. The van der Waals surface area contributed by atoms with Crippen molar-refractivity contribution in [2.24, 2.45) is 5.92 Å². The van der Waals surface area contributed by atoms with Gasteiger partial charge in [-0.3, -0.25) is 0 Å². The van der Waals surface area contributed by atoms with E-state index in [0.717, 1.165) is 0 Å². The van der Waals surface area contributed by atoms with Crippen LogP contribution in [0, 0.1) is 5.92 Å². The van der Waals surface area contributed by atoms with Gasteiger partial charge in [-0.1, -0.05) is 13.8 Å². The summed E-state index contributed by atoms with van der Waals surface area (Å²) in [6.45, 7) is 5.61. The first-order valence-corrected chi connectivity index (χ1v) is 5.12. The molecule has 92 valence electrons. The third kappa shape index (κ3) is 10.0.